The second kappa shape index (κ2) is 10.8. The van der Waals surface area contributed by atoms with Gasteiger partial charge in [0.05, 0.1) is 19.2 Å². The maximum Gasteiger partial charge on any atom is 0.406 e. The van der Waals surface area contributed by atoms with E-state index in [1.807, 2.05) is 0 Å². The highest BCUT2D eigenvalue weighted by Crippen LogP contribution is 2.32. The Kier molecular flexibility index (Phi) is 8.38. The van der Waals surface area contributed by atoms with Crippen molar-refractivity contribution < 1.29 is 37.3 Å². The molecular weight excluding hydrogens is 438 g/mol. The molecule has 1 amide bonds. The topological polar surface area (TPSA) is 96.0 Å². The van der Waals surface area contributed by atoms with Crippen molar-refractivity contribution in [1.29, 1.82) is 0 Å². The van der Waals surface area contributed by atoms with E-state index in [1.165, 1.54) is 20.1 Å². The number of amides is 1. The minimum absolute atomic E-state index is 0.0920. The third-order valence-corrected chi connectivity index (χ3v) is 4.01. The van der Waals surface area contributed by atoms with E-state index in [9.17, 15) is 18.4 Å². The van der Waals surface area contributed by atoms with Crippen LogP contribution in [0.25, 0.3) is 0 Å². The molecule has 0 aliphatic heterocycles. The van der Waals surface area contributed by atoms with Crippen LogP contribution >= 0.6 is 11.6 Å². The molecule has 31 heavy (non-hydrogen) atoms. The number of ether oxygens (including phenoxy) is 4. The predicted molar refractivity (Wildman–Crippen MR) is 107 cm³/mol. The van der Waals surface area contributed by atoms with Crippen LogP contribution in [0, 0.1) is 0 Å². The molecule has 0 radical (unpaired) electrons. The van der Waals surface area contributed by atoms with Crippen molar-refractivity contribution in [2.24, 2.45) is 0 Å². The molecule has 1 aromatic heterocycles. The highest BCUT2D eigenvalue weighted by molar-refractivity contribution is 6.21. The molecular formula is C20H21ClF2N2O6. The smallest absolute Gasteiger partial charge is 0.406 e. The number of alkyl carbamates (subject to hydrolysis) is 1. The number of hydrogen-bond acceptors (Lipinski definition) is 7. The Bertz CT molecular complexity index is 875. The number of methoxy groups -OCH3 is 1. The molecule has 2 rings (SSSR count). The number of rotatable bonds is 9. The molecule has 0 saturated carbocycles. The molecule has 2 atom stereocenters. The van der Waals surface area contributed by atoms with Crippen LogP contribution in [0.4, 0.5) is 13.6 Å². The molecule has 0 fully saturated rings. The number of nitrogens with one attached hydrogen (secondary N) is 1. The fourth-order valence-electron chi connectivity index (χ4n) is 2.20. The number of aromatic nitrogens is 1. The number of pyridine rings is 1. The molecule has 0 aliphatic carbocycles. The number of carbonyl (C=O) groups is 2. The zero-order chi connectivity index (χ0) is 23.0. The summed E-state index contributed by atoms with van der Waals surface area (Å²) in [5.41, 5.74) is -0.443. The van der Waals surface area contributed by atoms with Crippen LogP contribution in [0.15, 0.2) is 42.6 Å². The monoisotopic (exact) mass is 458 g/mol. The first-order chi connectivity index (χ1) is 14.6. The maximum atomic E-state index is 13.0. The highest BCUT2D eigenvalue weighted by Gasteiger charge is 2.28. The molecule has 8 nitrogen and oxygen atoms in total. The lowest BCUT2D eigenvalue weighted by atomic mass is 10.3. The summed E-state index contributed by atoms with van der Waals surface area (Å²) >= 11 is 4.93. The molecule has 1 heterocycles. The molecule has 0 saturated heterocycles. The van der Waals surface area contributed by atoms with Gasteiger partial charge in [0.2, 0.25) is 5.88 Å². The SMILES string of the molecule is COC(=O)NCC(C)OC(=O)[C@@H](C)Oc1ccc(Oc2ccc(C(F)(F)Cl)cn2)cc1. The molecule has 1 aromatic carbocycles. The molecule has 0 bridgehead atoms. The van der Waals surface area contributed by atoms with E-state index in [0.717, 1.165) is 12.3 Å². The summed E-state index contributed by atoms with van der Waals surface area (Å²) in [4.78, 5) is 26.9. The van der Waals surface area contributed by atoms with Crippen molar-refractivity contribution in [3.63, 3.8) is 0 Å². The van der Waals surface area contributed by atoms with Crippen LogP contribution in [0.1, 0.15) is 19.4 Å². The van der Waals surface area contributed by atoms with Gasteiger partial charge in [-0.1, -0.05) is 0 Å². The lowest BCUT2D eigenvalue weighted by molar-refractivity contribution is -0.155. The fraction of sp³-hybridized carbons (Fsp3) is 0.350. The van der Waals surface area contributed by atoms with Crippen molar-refractivity contribution in [3.8, 4) is 17.4 Å². The van der Waals surface area contributed by atoms with Crippen LogP contribution in [-0.4, -0.2) is 42.9 Å². The van der Waals surface area contributed by atoms with Gasteiger partial charge in [0.1, 0.15) is 17.6 Å². The lowest BCUT2D eigenvalue weighted by Crippen LogP contribution is -2.36. The van der Waals surface area contributed by atoms with E-state index in [0.29, 0.717) is 11.5 Å². The predicted octanol–water partition coefficient (Wildman–Crippen LogP) is 4.22. The molecule has 0 spiro atoms. The van der Waals surface area contributed by atoms with Gasteiger partial charge in [0.25, 0.3) is 0 Å². The van der Waals surface area contributed by atoms with Crippen LogP contribution < -0.4 is 14.8 Å². The van der Waals surface area contributed by atoms with E-state index >= 15 is 0 Å². The number of hydrogen-bond donors (Lipinski definition) is 1. The van der Waals surface area contributed by atoms with Gasteiger partial charge in [-0.15, -0.1) is 0 Å². The molecule has 1 unspecified atom stereocenters. The van der Waals surface area contributed by atoms with Crippen molar-refractivity contribution in [2.45, 2.75) is 31.4 Å². The lowest BCUT2D eigenvalue weighted by Gasteiger charge is -2.18. The van der Waals surface area contributed by atoms with Crippen LogP contribution in [-0.2, 0) is 19.6 Å². The van der Waals surface area contributed by atoms with Crippen molar-refractivity contribution >= 4 is 23.7 Å². The summed E-state index contributed by atoms with van der Waals surface area (Å²) in [7, 11) is 1.23. The fourth-order valence-corrected chi connectivity index (χ4v) is 2.31. The van der Waals surface area contributed by atoms with Crippen molar-refractivity contribution in [1.82, 2.24) is 10.3 Å². The molecule has 11 heteroatoms. The third-order valence-electron chi connectivity index (χ3n) is 3.79. The van der Waals surface area contributed by atoms with E-state index < -0.39 is 35.2 Å². The van der Waals surface area contributed by atoms with Gasteiger partial charge in [-0.05, 0) is 55.8 Å². The number of alkyl halides is 3. The minimum Gasteiger partial charge on any atom is -0.479 e. The van der Waals surface area contributed by atoms with E-state index in [-0.39, 0.29) is 12.4 Å². The maximum absolute atomic E-state index is 13.0. The molecule has 0 aliphatic rings. The van der Waals surface area contributed by atoms with E-state index in [2.05, 4.69) is 15.0 Å². The Balaban J connectivity index is 1.85. The minimum atomic E-state index is -3.50. The van der Waals surface area contributed by atoms with Gasteiger partial charge in [-0.2, -0.15) is 8.78 Å². The number of nitrogens with zero attached hydrogens (tertiary/aromatic N) is 1. The third kappa shape index (κ3) is 7.89. The van der Waals surface area contributed by atoms with Gasteiger partial charge < -0.3 is 24.3 Å². The number of carbonyl (C=O) groups excluding carboxylic acids is 2. The summed E-state index contributed by atoms with van der Waals surface area (Å²) < 4.78 is 46.6. The van der Waals surface area contributed by atoms with Gasteiger partial charge in [0, 0.05) is 12.3 Å². The average Bonchev–Trinajstić information content (AvgIpc) is 2.73. The first kappa shape index (κ1) is 24.1. The quantitative estimate of drug-likeness (QED) is 0.444. The van der Waals surface area contributed by atoms with E-state index in [4.69, 9.17) is 25.8 Å². The Morgan fingerprint density at radius 2 is 1.77 bits per heavy atom. The first-order valence-corrected chi connectivity index (χ1v) is 9.46. The Labute approximate surface area is 182 Å². The second-order valence-electron chi connectivity index (χ2n) is 6.34. The largest absolute Gasteiger partial charge is 0.479 e. The summed E-state index contributed by atoms with van der Waals surface area (Å²) in [6.45, 7) is 3.22. The van der Waals surface area contributed by atoms with Crippen LogP contribution in [0.3, 0.4) is 0 Å². The van der Waals surface area contributed by atoms with Gasteiger partial charge in [-0.25, -0.2) is 14.6 Å². The van der Waals surface area contributed by atoms with Crippen LogP contribution in [0.2, 0.25) is 0 Å². The molecule has 168 valence electrons. The first-order valence-electron chi connectivity index (χ1n) is 9.08. The normalized spacial score (nSPS) is 13.0. The summed E-state index contributed by atoms with van der Waals surface area (Å²) in [5, 5.41) is -1.08. The Morgan fingerprint density at radius 1 is 1.13 bits per heavy atom. The van der Waals surface area contributed by atoms with Gasteiger partial charge in [0.15, 0.2) is 6.10 Å². The summed E-state index contributed by atoms with van der Waals surface area (Å²) in [6, 6.07) is 8.61. The van der Waals surface area contributed by atoms with Gasteiger partial charge >= 0.3 is 17.4 Å². The standard InChI is InChI=1S/C20H21ClF2N2O6/c1-12(10-25-19(27)28-3)29-18(26)13(2)30-15-5-7-16(8-6-15)31-17-9-4-14(11-24-17)20(21,22)23/h4-9,11-13H,10H2,1-3H3,(H,25,27)/t12?,13-/m1/s1. The van der Waals surface area contributed by atoms with Gasteiger partial charge in [-0.3, -0.25) is 0 Å². The number of halogens is 3. The Morgan fingerprint density at radius 3 is 2.32 bits per heavy atom. The summed E-state index contributed by atoms with van der Waals surface area (Å²) in [5.74, 6) is 0.245. The summed E-state index contributed by atoms with van der Waals surface area (Å²) in [6.07, 6.45) is -1.18. The number of benzene rings is 1. The zero-order valence-corrected chi connectivity index (χ0v) is 17.7. The van der Waals surface area contributed by atoms with Crippen LogP contribution in [0.5, 0.6) is 17.4 Å². The van der Waals surface area contributed by atoms with Crippen molar-refractivity contribution in [2.75, 3.05) is 13.7 Å². The van der Waals surface area contributed by atoms with Crippen molar-refractivity contribution in [3.05, 3.63) is 48.2 Å². The second-order valence-corrected chi connectivity index (χ2v) is 6.81. The molecule has 1 N–H and O–H groups in total. The Hall–Kier alpha value is -3.14. The molecule has 2 aromatic rings. The number of esters is 1. The highest BCUT2D eigenvalue weighted by atomic mass is 35.5. The zero-order valence-electron chi connectivity index (χ0n) is 16.9. The van der Waals surface area contributed by atoms with E-state index in [1.54, 1.807) is 31.2 Å². The average molecular weight is 459 g/mol.